The summed E-state index contributed by atoms with van der Waals surface area (Å²) < 4.78 is 29.8. The van der Waals surface area contributed by atoms with Gasteiger partial charge in [0.25, 0.3) is 0 Å². The van der Waals surface area contributed by atoms with Crippen LogP contribution in [0.3, 0.4) is 0 Å². The van der Waals surface area contributed by atoms with Crippen molar-refractivity contribution in [1.29, 1.82) is 0 Å². The summed E-state index contributed by atoms with van der Waals surface area (Å²) in [6.07, 6.45) is 2.09. The number of anilines is 1. The largest absolute Gasteiger partial charge is 0.433 e. The topological polar surface area (TPSA) is 99.3 Å². The molecule has 0 aliphatic heterocycles. The molecule has 0 radical (unpaired) electrons. The number of benzene rings is 1. The van der Waals surface area contributed by atoms with Crippen LogP contribution < -0.4 is 10.1 Å². The Labute approximate surface area is 122 Å². The van der Waals surface area contributed by atoms with Crippen molar-refractivity contribution in [2.45, 2.75) is 13.2 Å². The minimum atomic E-state index is -3.02. The molecule has 1 heterocycles. The van der Waals surface area contributed by atoms with Crippen LogP contribution in [0.2, 0.25) is 0 Å². The summed E-state index contributed by atoms with van der Waals surface area (Å²) in [7, 11) is 0. The Bertz CT molecular complexity index is 689. The van der Waals surface area contributed by atoms with Crippen molar-refractivity contribution < 1.29 is 23.2 Å². The average Bonchev–Trinajstić information content (AvgIpc) is 2.89. The Kier molecular flexibility index (Phi) is 4.61. The third-order valence-electron chi connectivity index (χ3n) is 2.51. The molecule has 10 heteroatoms. The molecule has 2 rings (SSSR count). The van der Waals surface area contributed by atoms with Crippen molar-refractivity contribution in [2.24, 2.45) is 0 Å². The number of halogens is 2. The molecule has 0 aliphatic carbocycles. The zero-order valence-corrected chi connectivity index (χ0v) is 11.0. The van der Waals surface area contributed by atoms with E-state index >= 15 is 0 Å². The minimum Gasteiger partial charge on any atom is -0.433 e. The van der Waals surface area contributed by atoms with Gasteiger partial charge in [0.1, 0.15) is 24.7 Å². The smallest absolute Gasteiger partial charge is 0.387 e. The second-order valence-corrected chi connectivity index (χ2v) is 4.08. The Hall–Kier alpha value is -3.04. The van der Waals surface area contributed by atoms with Gasteiger partial charge in [-0.1, -0.05) is 12.1 Å². The SMILES string of the molecule is O=C(Cn1cc([N+](=O)[O-])cn1)Nc1ccccc1OC(F)F. The first-order chi connectivity index (χ1) is 10.5. The van der Waals surface area contributed by atoms with Gasteiger partial charge in [-0.05, 0) is 12.1 Å². The fourth-order valence-corrected chi connectivity index (χ4v) is 1.64. The molecule has 1 amide bonds. The van der Waals surface area contributed by atoms with Gasteiger partial charge in [0, 0.05) is 0 Å². The van der Waals surface area contributed by atoms with Crippen LogP contribution in [0.5, 0.6) is 5.75 Å². The number of rotatable bonds is 6. The van der Waals surface area contributed by atoms with Crippen molar-refractivity contribution >= 4 is 17.3 Å². The summed E-state index contributed by atoms with van der Waals surface area (Å²) in [5, 5.41) is 16.5. The van der Waals surface area contributed by atoms with E-state index in [0.29, 0.717) is 0 Å². The molecule has 22 heavy (non-hydrogen) atoms. The van der Waals surface area contributed by atoms with Crippen LogP contribution in [-0.4, -0.2) is 27.2 Å². The molecule has 8 nitrogen and oxygen atoms in total. The highest BCUT2D eigenvalue weighted by molar-refractivity contribution is 5.92. The number of para-hydroxylation sites is 2. The van der Waals surface area contributed by atoms with E-state index < -0.39 is 17.4 Å². The van der Waals surface area contributed by atoms with E-state index in [1.54, 1.807) is 0 Å². The van der Waals surface area contributed by atoms with Crippen molar-refractivity contribution in [3.63, 3.8) is 0 Å². The lowest BCUT2D eigenvalue weighted by molar-refractivity contribution is -0.385. The van der Waals surface area contributed by atoms with E-state index in [1.165, 1.54) is 24.3 Å². The van der Waals surface area contributed by atoms with Gasteiger partial charge in [-0.15, -0.1) is 0 Å². The van der Waals surface area contributed by atoms with Crippen LogP contribution in [-0.2, 0) is 11.3 Å². The lowest BCUT2D eigenvalue weighted by atomic mass is 10.3. The highest BCUT2D eigenvalue weighted by atomic mass is 19.3. The highest BCUT2D eigenvalue weighted by Crippen LogP contribution is 2.25. The summed E-state index contributed by atoms with van der Waals surface area (Å²) in [6.45, 7) is -3.33. The van der Waals surface area contributed by atoms with Crippen LogP contribution in [0.4, 0.5) is 20.2 Å². The van der Waals surface area contributed by atoms with Crippen LogP contribution >= 0.6 is 0 Å². The normalized spacial score (nSPS) is 10.5. The third kappa shape index (κ3) is 3.98. The van der Waals surface area contributed by atoms with E-state index in [-0.39, 0.29) is 23.7 Å². The second kappa shape index (κ2) is 6.61. The van der Waals surface area contributed by atoms with Gasteiger partial charge < -0.3 is 10.1 Å². The fraction of sp³-hybridized carbons (Fsp3) is 0.167. The van der Waals surface area contributed by atoms with Crippen LogP contribution in [0.25, 0.3) is 0 Å². The van der Waals surface area contributed by atoms with Crippen LogP contribution in [0.1, 0.15) is 0 Å². The maximum absolute atomic E-state index is 12.3. The number of amides is 1. The quantitative estimate of drug-likeness (QED) is 0.650. The van der Waals surface area contributed by atoms with Gasteiger partial charge in [-0.3, -0.25) is 19.6 Å². The van der Waals surface area contributed by atoms with Crippen molar-refractivity contribution in [3.8, 4) is 5.75 Å². The number of nitrogens with one attached hydrogen (secondary N) is 1. The summed E-state index contributed by atoms with van der Waals surface area (Å²) in [4.78, 5) is 21.7. The number of carbonyl (C=O) groups excluding carboxylic acids is 1. The van der Waals surface area contributed by atoms with Crippen LogP contribution in [0, 0.1) is 10.1 Å². The van der Waals surface area contributed by atoms with Gasteiger partial charge >= 0.3 is 12.3 Å². The predicted octanol–water partition coefficient (Wildman–Crippen LogP) is 2.03. The first-order valence-electron chi connectivity index (χ1n) is 5.96. The molecule has 0 atom stereocenters. The molecular formula is C12H10F2N4O4. The Morgan fingerprint density at radius 3 is 2.82 bits per heavy atom. The van der Waals surface area contributed by atoms with Crippen molar-refractivity contribution in [1.82, 2.24) is 9.78 Å². The van der Waals surface area contributed by atoms with E-state index in [9.17, 15) is 23.7 Å². The number of nitrogens with zero attached hydrogens (tertiary/aromatic N) is 3. The van der Waals surface area contributed by atoms with Gasteiger partial charge in [-0.2, -0.15) is 13.9 Å². The van der Waals surface area contributed by atoms with Crippen molar-refractivity contribution in [2.75, 3.05) is 5.32 Å². The molecule has 0 aliphatic rings. The molecule has 0 saturated carbocycles. The van der Waals surface area contributed by atoms with Gasteiger partial charge in [0.2, 0.25) is 5.91 Å². The Morgan fingerprint density at radius 1 is 1.45 bits per heavy atom. The molecule has 0 saturated heterocycles. The summed E-state index contributed by atoms with van der Waals surface area (Å²) in [5.74, 6) is -0.777. The molecule has 0 spiro atoms. The first kappa shape index (κ1) is 15.4. The number of hydrogen-bond donors (Lipinski definition) is 1. The molecule has 1 aromatic heterocycles. The molecule has 1 N–H and O–H groups in total. The van der Waals surface area contributed by atoms with Gasteiger partial charge in [0.05, 0.1) is 10.6 Å². The molecule has 1 aromatic carbocycles. The predicted molar refractivity (Wildman–Crippen MR) is 70.6 cm³/mol. The number of alkyl halides is 2. The standard InChI is InChI=1S/C12H10F2N4O4/c13-12(14)22-10-4-2-1-3-9(10)16-11(19)7-17-6-8(5-15-17)18(20)21/h1-6,12H,7H2,(H,16,19). The number of ether oxygens (including phenoxy) is 1. The first-order valence-corrected chi connectivity index (χ1v) is 5.96. The Morgan fingerprint density at radius 2 is 2.18 bits per heavy atom. The number of aromatic nitrogens is 2. The lowest BCUT2D eigenvalue weighted by Gasteiger charge is -2.11. The molecule has 0 fully saturated rings. The molecule has 0 unspecified atom stereocenters. The maximum Gasteiger partial charge on any atom is 0.387 e. The molecule has 116 valence electrons. The van der Waals surface area contributed by atoms with Crippen LogP contribution in [0.15, 0.2) is 36.7 Å². The Balaban J connectivity index is 2.04. The summed E-state index contributed by atoms with van der Waals surface area (Å²) in [5.41, 5.74) is -0.191. The van der Waals surface area contributed by atoms with Gasteiger partial charge in [-0.25, -0.2) is 0 Å². The maximum atomic E-state index is 12.3. The van der Waals surface area contributed by atoms with E-state index in [4.69, 9.17) is 0 Å². The minimum absolute atomic E-state index is 0.0643. The summed E-state index contributed by atoms with van der Waals surface area (Å²) in [6, 6.07) is 5.68. The highest BCUT2D eigenvalue weighted by Gasteiger charge is 2.14. The van der Waals surface area contributed by atoms with Gasteiger partial charge in [0.15, 0.2) is 0 Å². The third-order valence-corrected chi connectivity index (χ3v) is 2.51. The lowest BCUT2D eigenvalue weighted by Crippen LogP contribution is -2.19. The number of carbonyl (C=O) groups is 1. The van der Waals surface area contributed by atoms with E-state index in [2.05, 4.69) is 15.2 Å². The molecule has 0 bridgehead atoms. The number of hydrogen-bond acceptors (Lipinski definition) is 5. The summed E-state index contributed by atoms with van der Waals surface area (Å²) >= 11 is 0. The van der Waals surface area contributed by atoms with E-state index in [0.717, 1.165) is 17.1 Å². The fourth-order valence-electron chi connectivity index (χ4n) is 1.64. The molecular weight excluding hydrogens is 302 g/mol. The van der Waals surface area contributed by atoms with E-state index in [1.807, 2.05) is 0 Å². The molecule has 2 aromatic rings. The zero-order valence-electron chi connectivity index (χ0n) is 11.0. The monoisotopic (exact) mass is 312 g/mol. The zero-order chi connectivity index (χ0) is 16.1. The average molecular weight is 312 g/mol. The number of nitro groups is 1. The van der Waals surface area contributed by atoms with Crippen molar-refractivity contribution in [3.05, 3.63) is 46.8 Å². The second-order valence-electron chi connectivity index (χ2n) is 4.08.